The van der Waals surface area contributed by atoms with Crippen molar-refractivity contribution in [1.29, 1.82) is 0 Å². The first kappa shape index (κ1) is 8.80. The van der Waals surface area contributed by atoms with E-state index < -0.39 is 4.92 Å². The van der Waals surface area contributed by atoms with Crippen LogP contribution >= 0.6 is 0 Å². The monoisotopic (exact) mass is 194 g/mol. The van der Waals surface area contributed by atoms with Crippen molar-refractivity contribution in [2.24, 2.45) is 0 Å². The number of aromatic hydroxyl groups is 1. The number of nitrogens with one attached hydrogen (secondary N) is 1. The Morgan fingerprint density at radius 1 is 1.50 bits per heavy atom. The number of aryl methyl sites for hydroxylation is 1. The van der Waals surface area contributed by atoms with Gasteiger partial charge in [0, 0.05) is 6.54 Å². The zero-order chi connectivity index (χ0) is 10.1. The van der Waals surface area contributed by atoms with E-state index in [0.29, 0.717) is 5.69 Å². The van der Waals surface area contributed by atoms with Crippen LogP contribution in [0.4, 0.5) is 11.4 Å². The molecule has 74 valence electrons. The van der Waals surface area contributed by atoms with Gasteiger partial charge in [0.2, 0.25) is 0 Å². The van der Waals surface area contributed by atoms with E-state index in [1.54, 1.807) is 6.07 Å². The van der Waals surface area contributed by atoms with E-state index in [1.165, 1.54) is 6.07 Å². The quantitative estimate of drug-likeness (QED) is 0.405. The predicted octanol–water partition coefficient (Wildman–Crippen LogP) is 1.66. The van der Waals surface area contributed by atoms with E-state index in [0.717, 1.165) is 24.9 Å². The van der Waals surface area contributed by atoms with Gasteiger partial charge in [0.25, 0.3) is 5.69 Å². The third-order valence-electron chi connectivity index (χ3n) is 2.31. The van der Waals surface area contributed by atoms with Gasteiger partial charge in [0.05, 0.1) is 11.0 Å². The molecule has 0 atom stereocenters. The lowest BCUT2D eigenvalue weighted by atomic mass is 10.0. The SMILES string of the molecule is O=[N+]([O-])c1cc(O)cc2c1NCCC2. The van der Waals surface area contributed by atoms with Crippen molar-refractivity contribution in [3.63, 3.8) is 0 Å². The number of anilines is 1. The van der Waals surface area contributed by atoms with Crippen LogP contribution in [0.3, 0.4) is 0 Å². The van der Waals surface area contributed by atoms with Crippen molar-refractivity contribution in [3.8, 4) is 5.75 Å². The highest BCUT2D eigenvalue weighted by Crippen LogP contribution is 2.35. The number of benzene rings is 1. The average Bonchev–Trinajstić information content (AvgIpc) is 2.16. The summed E-state index contributed by atoms with van der Waals surface area (Å²) in [6.45, 7) is 0.749. The molecular formula is C9H10N2O3. The maximum atomic E-state index is 10.7. The lowest BCUT2D eigenvalue weighted by Crippen LogP contribution is -2.13. The second-order valence-electron chi connectivity index (χ2n) is 3.29. The molecule has 5 nitrogen and oxygen atoms in total. The molecule has 14 heavy (non-hydrogen) atoms. The highest BCUT2D eigenvalue weighted by molar-refractivity contribution is 5.69. The van der Waals surface area contributed by atoms with Crippen molar-refractivity contribution in [3.05, 3.63) is 27.8 Å². The molecule has 1 aliphatic heterocycles. The molecule has 0 saturated heterocycles. The maximum Gasteiger partial charge on any atom is 0.296 e. The number of phenolic OH excluding ortho intramolecular Hbond substituents is 1. The van der Waals surface area contributed by atoms with Crippen LogP contribution in [-0.2, 0) is 6.42 Å². The minimum Gasteiger partial charge on any atom is -0.508 e. The predicted molar refractivity (Wildman–Crippen MR) is 51.6 cm³/mol. The van der Waals surface area contributed by atoms with Gasteiger partial charge in [-0.3, -0.25) is 10.1 Å². The van der Waals surface area contributed by atoms with Crippen LogP contribution in [0.15, 0.2) is 12.1 Å². The molecular weight excluding hydrogens is 184 g/mol. The lowest BCUT2D eigenvalue weighted by Gasteiger charge is -2.17. The molecule has 0 unspecified atom stereocenters. The number of nitro benzene ring substituents is 1. The van der Waals surface area contributed by atoms with Gasteiger partial charge in [-0.2, -0.15) is 0 Å². The third kappa shape index (κ3) is 1.37. The number of rotatable bonds is 1. The summed E-state index contributed by atoms with van der Waals surface area (Å²) >= 11 is 0. The fourth-order valence-electron chi connectivity index (χ4n) is 1.71. The van der Waals surface area contributed by atoms with Gasteiger partial charge in [-0.1, -0.05) is 0 Å². The van der Waals surface area contributed by atoms with Crippen molar-refractivity contribution >= 4 is 11.4 Å². The average molecular weight is 194 g/mol. The molecule has 0 aliphatic carbocycles. The van der Waals surface area contributed by atoms with E-state index >= 15 is 0 Å². The summed E-state index contributed by atoms with van der Waals surface area (Å²) in [5.41, 5.74) is 1.33. The normalized spacial score (nSPS) is 14.3. The van der Waals surface area contributed by atoms with Gasteiger partial charge in [0.1, 0.15) is 11.4 Å². The molecule has 2 N–H and O–H groups in total. The van der Waals surface area contributed by atoms with Gasteiger partial charge >= 0.3 is 0 Å². The van der Waals surface area contributed by atoms with Crippen molar-refractivity contribution in [1.82, 2.24) is 0 Å². The number of hydrogen-bond acceptors (Lipinski definition) is 4. The summed E-state index contributed by atoms with van der Waals surface area (Å²) in [5, 5.41) is 23.0. The maximum absolute atomic E-state index is 10.7. The van der Waals surface area contributed by atoms with Crippen LogP contribution in [-0.4, -0.2) is 16.6 Å². The first-order chi connectivity index (χ1) is 6.68. The largest absolute Gasteiger partial charge is 0.508 e. The Kier molecular flexibility index (Phi) is 1.99. The van der Waals surface area contributed by atoms with Crippen LogP contribution in [0.1, 0.15) is 12.0 Å². The molecule has 1 aromatic rings. The molecule has 5 heteroatoms. The van der Waals surface area contributed by atoms with E-state index in [-0.39, 0.29) is 11.4 Å². The second-order valence-corrected chi connectivity index (χ2v) is 3.29. The van der Waals surface area contributed by atoms with E-state index in [1.807, 2.05) is 0 Å². The molecule has 0 amide bonds. The van der Waals surface area contributed by atoms with Gasteiger partial charge in [-0.25, -0.2) is 0 Å². The Morgan fingerprint density at radius 3 is 3.00 bits per heavy atom. The summed E-state index contributed by atoms with van der Waals surface area (Å²) in [5.74, 6) is -0.0425. The highest BCUT2D eigenvalue weighted by atomic mass is 16.6. The van der Waals surface area contributed by atoms with Crippen LogP contribution in [0.5, 0.6) is 5.75 Å². The molecule has 2 rings (SSSR count). The first-order valence-corrected chi connectivity index (χ1v) is 4.42. The van der Waals surface area contributed by atoms with E-state index in [9.17, 15) is 15.2 Å². The lowest BCUT2D eigenvalue weighted by molar-refractivity contribution is -0.384. The van der Waals surface area contributed by atoms with Crippen molar-refractivity contribution in [2.75, 3.05) is 11.9 Å². The second kappa shape index (κ2) is 3.17. The molecule has 0 fully saturated rings. The number of nitro groups is 1. The summed E-state index contributed by atoms with van der Waals surface area (Å²) in [6, 6.07) is 2.76. The smallest absolute Gasteiger partial charge is 0.296 e. The Bertz CT molecular complexity index is 390. The number of fused-ring (bicyclic) bond motifs is 1. The number of hydrogen-bond donors (Lipinski definition) is 2. The van der Waals surface area contributed by atoms with E-state index in [4.69, 9.17) is 0 Å². The molecule has 0 spiro atoms. The van der Waals surface area contributed by atoms with Gasteiger partial charge in [0.15, 0.2) is 0 Å². The van der Waals surface area contributed by atoms with Crippen molar-refractivity contribution < 1.29 is 10.0 Å². The van der Waals surface area contributed by atoms with Crippen LogP contribution in [0.2, 0.25) is 0 Å². The van der Waals surface area contributed by atoms with Crippen LogP contribution in [0.25, 0.3) is 0 Å². The molecule has 1 aromatic carbocycles. The fraction of sp³-hybridized carbons (Fsp3) is 0.333. The molecule has 0 saturated carbocycles. The third-order valence-corrected chi connectivity index (χ3v) is 2.31. The molecule has 0 radical (unpaired) electrons. The molecule has 0 aromatic heterocycles. The first-order valence-electron chi connectivity index (χ1n) is 4.42. The highest BCUT2D eigenvalue weighted by Gasteiger charge is 2.21. The summed E-state index contributed by atoms with van der Waals surface area (Å²) in [7, 11) is 0. The zero-order valence-electron chi connectivity index (χ0n) is 7.49. The summed E-state index contributed by atoms with van der Waals surface area (Å²) < 4.78 is 0. The minimum atomic E-state index is -0.475. The van der Waals surface area contributed by atoms with Crippen molar-refractivity contribution in [2.45, 2.75) is 12.8 Å². The van der Waals surface area contributed by atoms with Crippen LogP contribution < -0.4 is 5.32 Å². The zero-order valence-corrected chi connectivity index (χ0v) is 7.49. The van der Waals surface area contributed by atoms with Gasteiger partial charge < -0.3 is 10.4 Å². The van der Waals surface area contributed by atoms with Gasteiger partial charge in [-0.15, -0.1) is 0 Å². The number of phenols is 1. The fourth-order valence-corrected chi connectivity index (χ4v) is 1.71. The number of nitrogens with zero attached hydrogens (tertiary/aromatic N) is 1. The Labute approximate surface area is 80.5 Å². The topological polar surface area (TPSA) is 75.4 Å². The molecule has 1 aliphatic rings. The van der Waals surface area contributed by atoms with E-state index in [2.05, 4.69) is 5.32 Å². The minimum absolute atomic E-state index is 0.0419. The summed E-state index contributed by atoms with van der Waals surface area (Å²) in [4.78, 5) is 10.2. The van der Waals surface area contributed by atoms with Crippen LogP contribution in [0, 0.1) is 10.1 Å². The Balaban J connectivity index is 2.58. The standard InChI is InChI=1S/C9H10N2O3/c12-7-4-6-2-1-3-10-9(6)8(5-7)11(13)14/h4-5,10,12H,1-3H2. The molecule has 1 heterocycles. The Morgan fingerprint density at radius 2 is 2.29 bits per heavy atom. The molecule has 0 bridgehead atoms. The van der Waals surface area contributed by atoms with Gasteiger partial charge in [-0.05, 0) is 24.5 Å². The summed E-state index contributed by atoms with van der Waals surface area (Å²) in [6.07, 6.45) is 1.71. The Hall–Kier alpha value is -1.78.